The normalized spacial score (nSPS) is 39.6. The SMILES string of the molecule is COC(=O)[C@@]12C(=O)C(Br)=C3C=C[C@H]4C(C(C)C)=C[C@]31[C@]13C=C(C(C)C)[C@H]2C=CC1=C(Br)C(=O)[C@]43C(=O)OC. The third kappa shape index (κ3) is 2.17. The fraction of sp³-hybridized carbons (Fsp3) is 0.467. The van der Waals surface area contributed by atoms with Gasteiger partial charge < -0.3 is 9.47 Å². The van der Waals surface area contributed by atoms with Crippen molar-refractivity contribution in [3.63, 3.8) is 0 Å². The van der Waals surface area contributed by atoms with Crippen LogP contribution in [0.5, 0.6) is 0 Å². The van der Waals surface area contributed by atoms with Crippen molar-refractivity contribution in [2.75, 3.05) is 14.2 Å². The van der Waals surface area contributed by atoms with Gasteiger partial charge >= 0.3 is 11.9 Å². The predicted octanol–water partition coefficient (Wildman–Crippen LogP) is 5.31. The number of hydrogen-bond acceptors (Lipinski definition) is 6. The molecule has 8 heteroatoms. The molecule has 0 unspecified atom stereocenters. The number of esters is 2. The highest BCUT2D eigenvalue weighted by Crippen LogP contribution is 2.85. The maximum atomic E-state index is 14.7. The van der Waals surface area contributed by atoms with Crippen LogP contribution in [-0.4, -0.2) is 37.7 Å². The minimum absolute atomic E-state index is 0.0963. The van der Waals surface area contributed by atoms with Crippen LogP contribution in [0.2, 0.25) is 0 Å². The van der Waals surface area contributed by atoms with Crippen LogP contribution in [0, 0.1) is 45.3 Å². The van der Waals surface area contributed by atoms with E-state index in [9.17, 15) is 19.2 Å². The highest BCUT2D eigenvalue weighted by atomic mass is 79.9. The van der Waals surface area contributed by atoms with E-state index in [-0.39, 0.29) is 20.8 Å². The molecule has 0 fully saturated rings. The van der Waals surface area contributed by atoms with Gasteiger partial charge in [0, 0.05) is 11.8 Å². The fourth-order valence-corrected chi connectivity index (χ4v) is 10.3. The fourth-order valence-electron chi connectivity index (χ4n) is 8.77. The molecule has 8 aliphatic carbocycles. The van der Waals surface area contributed by atoms with Gasteiger partial charge in [-0.1, -0.05) is 75.3 Å². The van der Waals surface area contributed by atoms with Crippen molar-refractivity contribution in [3.8, 4) is 0 Å². The van der Waals surface area contributed by atoms with E-state index >= 15 is 0 Å². The Morgan fingerprint density at radius 3 is 1.37 bits per heavy atom. The van der Waals surface area contributed by atoms with E-state index in [1.165, 1.54) is 14.2 Å². The Bertz CT molecular complexity index is 1360. The van der Waals surface area contributed by atoms with Crippen molar-refractivity contribution in [1.82, 2.24) is 0 Å². The maximum absolute atomic E-state index is 14.7. The van der Waals surface area contributed by atoms with Gasteiger partial charge in [0.1, 0.15) is 0 Å². The largest absolute Gasteiger partial charge is 0.468 e. The molecular weight excluding hydrogens is 616 g/mol. The molecule has 0 aliphatic heterocycles. The summed E-state index contributed by atoms with van der Waals surface area (Å²) >= 11 is 7.18. The van der Waals surface area contributed by atoms with Crippen molar-refractivity contribution in [2.24, 2.45) is 45.3 Å². The van der Waals surface area contributed by atoms with E-state index in [1.807, 2.05) is 64.2 Å². The van der Waals surface area contributed by atoms with Crippen LogP contribution in [-0.2, 0) is 28.7 Å². The van der Waals surface area contributed by atoms with Crippen LogP contribution in [0.25, 0.3) is 0 Å². The zero-order valence-electron chi connectivity index (χ0n) is 22.0. The van der Waals surface area contributed by atoms with Crippen LogP contribution >= 0.6 is 31.9 Å². The lowest BCUT2D eigenvalue weighted by Crippen LogP contribution is -2.71. The van der Waals surface area contributed by atoms with Crippen molar-refractivity contribution >= 4 is 55.4 Å². The lowest BCUT2D eigenvalue weighted by molar-refractivity contribution is -0.186. The molecule has 0 radical (unpaired) electrons. The molecule has 0 saturated carbocycles. The van der Waals surface area contributed by atoms with Gasteiger partial charge in [0.05, 0.1) is 34.0 Å². The number of allylic oxidation sites excluding steroid dienone is 12. The number of methoxy groups -OCH3 is 2. The Kier molecular flexibility index (Phi) is 5.22. The Morgan fingerprint density at radius 1 is 0.737 bits per heavy atom. The molecule has 0 aromatic rings. The second-order valence-corrected chi connectivity index (χ2v) is 13.2. The molecule has 0 N–H and O–H groups in total. The number of carbonyl (C=O) groups is 4. The van der Waals surface area contributed by atoms with Crippen molar-refractivity contribution in [1.29, 1.82) is 0 Å². The molecule has 0 aromatic heterocycles. The number of ether oxygens (including phenoxy) is 2. The van der Waals surface area contributed by atoms with Crippen LogP contribution in [0.4, 0.5) is 0 Å². The number of hydrogen-bond donors (Lipinski definition) is 0. The Morgan fingerprint density at radius 2 is 1.08 bits per heavy atom. The number of ketones is 2. The Labute approximate surface area is 238 Å². The molecular formula is C30H28Br2O6. The molecule has 6 atom stereocenters. The summed E-state index contributed by atoms with van der Waals surface area (Å²) in [6.45, 7) is 7.99. The van der Waals surface area contributed by atoms with Gasteiger partial charge in [-0.2, -0.15) is 0 Å². The highest BCUT2D eigenvalue weighted by Gasteiger charge is 2.89. The highest BCUT2D eigenvalue weighted by molar-refractivity contribution is 9.12. The van der Waals surface area contributed by atoms with E-state index in [2.05, 4.69) is 31.9 Å². The summed E-state index contributed by atoms with van der Waals surface area (Å²) < 4.78 is 11.6. The van der Waals surface area contributed by atoms with Gasteiger partial charge in [0.25, 0.3) is 0 Å². The summed E-state index contributed by atoms with van der Waals surface area (Å²) in [5, 5.41) is 0. The third-order valence-electron chi connectivity index (χ3n) is 9.98. The summed E-state index contributed by atoms with van der Waals surface area (Å²) in [7, 11) is 2.58. The first-order chi connectivity index (χ1) is 17.9. The van der Waals surface area contributed by atoms with Crippen LogP contribution in [0.1, 0.15) is 27.7 Å². The molecule has 0 amide bonds. The minimum atomic E-state index is -1.78. The first-order valence-corrected chi connectivity index (χ1v) is 14.4. The number of carbonyl (C=O) groups excluding carboxylic acids is 4. The molecule has 0 heterocycles. The van der Waals surface area contributed by atoms with E-state index in [4.69, 9.17) is 9.47 Å². The molecule has 8 aliphatic rings. The molecule has 8 rings (SSSR count). The van der Waals surface area contributed by atoms with Crippen molar-refractivity contribution in [2.45, 2.75) is 27.7 Å². The second-order valence-electron chi connectivity index (χ2n) is 11.6. The molecule has 198 valence electrons. The van der Waals surface area contributed by atoms with Crippen LogP contribution in [0.15, 0.2) is 67.7 Å². The number of halogens is 2. The van der Waals surface area contributed by atoms with E-state index < -0.39 is 57.0 Å². The first-order valence-electron chi connectivity index (χ1n) is 12.8. The predicted molar refractivity (Wildman–Crippen MR) is 147 cm³/mol. The number of Topliss-reactive ketones (excluding diaryl/α,β-unsaturated/α-hetero) is 2. The van der Waals surface area contributed by atoms with E-state index in [1.54, 1.807) is 0 Å². The molecule has 0 aromatic carbocycles. The Hall–Kier alpha value is -2.32. The minimum Gasteiger partial charge on any atom is -0.468 e. The van der Waals surface area contributed by atoms with Crippen LogP contribution in [0.3, 0.4) is 0 Å². The monoisotopic (exact) mass is 642 g/mol. The lowest BCUT2D eigenvalue weighted by atomic mass is 9.33. The Balaban J connectivity index is 1.99. The van der Waals surface area contributed by atoms with E-state index in [0.29, 0.717) is 11.1 Å². The van der Waals surface area contributed by atoms with Gasteiger partial charge in [-0.15, -0.1) is 0 Å². The topological polar surface area (TPSA) is 86.7 Å². The summed E-state index contributed by atoms with van der Waals surface area (Å²) in [4.78, 5) is 58.0. The van der Waals surface area contributed by atoms with Gasteiger partial charge in [0.15, 0.2) is 22.4 Å². The van der Waals surface area contributed by atoms with Gasteiger partial charge in [0.2, 0.25) is 0 Å². The lowest BCUT2D eigenvalue weighted by Gasteiger charge is -2.64. The average Bonchev–Trinajstić information content (AvgIpc) is 3.10. The standard InChI is InChI=1S/C30H28Br2O6/c1-13(2)15-11-27-19-9-7-17(15)29(25(35)37-5)23(33)22(32)20-10-8-18(16(14(3)4)12-28(20,27)29)30(27,26(36)38-6)24(34)21(19)31/h7-14,17-18H,1-6H3/t17-,18+,27+,28-,29-,30+. The van der Waals surface area contributed by atoms with Gasteiger partial charge in [-0.25, -0.2) is 0 Å². The van der Waals surface area contributed by atoms with Gasteiger partial charge in [-0.3, -0.25) is 19.2 Å². The van der Waals surface area contributed by atoms with Crippen molar-refractivity contribution < 1.29 is 28.7 Å². The molecule has 0 saturated heterocycles. The summed E-state index contributed by atoms with van der Waals surface area (Å²) in [5.41, 5.74) is -3.60. The smallest absolute Gasteiger partial charge is 0.322 e. The molecule has 38 heavy (non-hydrogen) atoms. The maximum Gasteiger partial charge on any atom is 0.322 e. The van der Waals surface area contributed by atoms with E-state index in [0.717, 1.165) is 11.1 Å². The second kappa shape index (κ2) is 7.66. The molecule has 6 nitrogen and oxygen atoms in total. The zero-order valence-corrected chi connectivity index (χ0v) is 25.2. The van der Waals surface area contributed by atoms with Crippen LogP contribution < -0.4 is 0 Å². The first kappa shape index (κ1) is 25.9. The quantitative estimate of drug-likeness (QED) is 0.235. The molecule has 4 bridgehead atoms. The van der Waals surface area contributed by atoms with Crippen molar-refractivity contribution in [3.05, 3.63) is 67.7 Å². The molecule has 2 spiro atoms. The summed E-state index contributed by atoms with van der Waals surface area (Å²) in [6.07, 6.45) is 11.5. The summed E-state index contributed by atoms with van der Waals surface area (Å²) in [5.74, 6) is -3.68. The van der Waals surface area contributed by atoms with Gasteiger partial charge in [-0.05, 0) is 54.8 Å². The third-order valence-corrected chi connectivity index (χ3v) is 11.6. The average molecular weight is 644 g/mol. The number of rotatable bonds is 4. The summed E-state index contributed by atoms with van der Waals surface area (Å²) in [6, 6.07) is 0. The zero-order chi connectivity index (χ0) is 27.7.